The van der Waals surface area contributed by atoms with Gasteiger partial charge < -0.3 is 0 Å². The summed E-state index contributed by atoms with van der Waals surface area (Å²) in [7, 11) is 5.87. The fraction of sp³-hybridized carbons (Fsp3) is 0.800. The Hall–Kier alpha value is -0.715. The van der Waals surface area contributed by atoms with Crippen LogP contribution in [-0.4, -0.2) is 49.8 Å². The molecule has 0 bridgehead atoms. The number of carbonyl (C=O) groups is 1. The van der Waals surface area contributed by atoms with Crippen molar-refractivity contribution in [1.29, 1.82) is 0 Å². The van der Waals surface area contributed by atoms with Crippen LogP contribution in [0.2, 0.25) is 0 Å². The molecule has 0 aromatic rings. The zero-order chi connectivity index (χ0) is 11.9. The summed E-state index contributed by atoms with van der Waals surface area (Å²) in [5.41, 5.74) is 0.511. The van der Waals surface area contributed by atoms with Crippen LogP contribution in [0.25, 0.3) is 0 Å². The summed E-state index contributed by atoms with van der Waals surface area (Å²) in [5.74, 6) is -1.05. The Labute approximate surface area is 95.1 Å². The molecule has 87 valence electrons. The van der Waals surface area contributed by atoms with Gasteiger partial charge in [0.15, 0.2) is 0 Å². The third-order valence-electron chi connectivity index (χ3n) is 2.49. The van der Waals surface area contributed by atoms with E-state index in [1.807, 2.05) is 0 Å². The molecule has 2 saturated heterocycles. The molecule has 0 aromatic heterocycles. The SMILES string of the molecule is [B]=C1[C@H]2OC(C)(C)O[C@H]2O[C@@H]1COC(C)=O. The van der Waals surface area contributed by atoms with Crippen molar-refractivity contribution in [2.75, 3.05) is 6.61 Å². The van der Waals surface area contributed by atoms with E-state index < -0.39 is 18.2 Å². The van der Waals surface area contributed by atoms with E-state index in [0.29, 0.717) is 5.46 Å². The summed E-state index contributed by atoms with van der Waals surface area (Å²) < 4.78 is 21.4. The second kappa shape index (κ2) is 3.94. The summed E-state index contributed by atoms with van der Waals surface area (Å²) in [6.07, 6.45) is -1.33. The van der Waals surface area contributed by atoms with Crippen molar-refractivity contribution in [1.82, 2.24) is 0 Å². The van der Waals surface area contributed by atoms with Gasteiger partial charge in [-0.15, -0.1) is 0 Å². The first-order chi connectivity index (χ1) is 7.39. The molecule has 2 fully saturated rings. The minimum atomic E-state index is -0.688. The normalized spacial score (nSPS) is 36.1. The molecular weight excluding hydrogens is 211 g/mol. The van der Waals surface area contributed by atoms with Crippen LogP contribution in [0.3, 0.4) is 0 Å². The molecule has 6 heteroatoms. The molecule has 16 heavy (non-hydrogen) atoms. The molecule has 2 aliphatic rings. The number of hydrogen-bond acceptors (Lipinski definition) is 5. The summed E-state index contributed by atoms with van der Waals surface area (Å²) in [6.45, 7) is 5.02. The van der Waals surface area contributed by atoms with Gasteiger partial charge in [-0.1, -0.05) is 0 Å². The summed E-state index contributed by atoms with van der Waals surface area (Å²) in [5, 5.41) is 0. The van der Waals surface area contributed by atoms with Crippen LogP contribution >= 0.6 is 0 Å². The molecule has 0 amide bonds. The predicted octanol–water partition coefficient (Wildman–Crippen LogP) is -0.233. The molecule has 2 heterocycles. The van der Waals surface area contributed by atoms with Crippen LogP contribution in [0.4, 0.5) is 0 Å². The molecule has 0 N–H and O–H groups in total. The van der Waals surface area contributed by atoms with Crippen molar-refractivity contribution in [2.24, 2.45) is 0 Å². The topological polar surface area (TPSA) is 54.0 Å². The number of fused-ring (bicyclic) bond motifs is 1. The Morgan fingerprint density at radius 3 is 2.75 bits per heavy atom. The molecule has 2 rings (SSSR count). The molecule has 3 atom stereocenters. The molecule has 5 nitrogen and oxygen atoms in total. The summed E-state index contributed by atoms with van der Waals surface area (Å²) in [6, 6.07) is 0. The molecule has 2 aliphatic heterocycles. The van der Waals surface area contributed by atoms with Crippen LogP contribution in [0.5, 0.6) is 0 Å². The number of esters is 1. The fourth-order valence-corrected chi connectivity index (χ4v) is 1.81. The molecule has 0 unspecified atom stereocenters. The summed E-state index contributed by atoms with van der Waals surface area (Å²) >= 11 is 0. The Kier molecular flexibility index (Phi) is 2.90. The monoisotopic (exact) mass is 225 g/mol. The van der Waals surface area contributed by atoms with E-state index in [2.05, 4.69) is 0 Å². The third kappa shape index (κ3) is 2.19. The molecular formula is C10H14BO5. The van der Waals surface area contributed by atoms with Gasteiger partial charge in [-0.25, -0.2) is 0 Å². The van der Waals surface area contributed by atoms with Gasteiger partial charge >= 0.3 is 94.3 Å². The molecule has 0 aliphatic carbocycles. The van der Waals surface area contributed by atoms with Crippen LogP contribution < -0.4 is 0 Å². The minimum absolute atomic E-state index is 0.0985. The predicted molar refractivity (Wildman–Crippen MR) is 56.1 cm³/mol. The van der Waals surface area contributed by atoms with Gasteiger partial charge in [-0.2, -0.15) is 0 Å². The Morgan fingerprint density at radius 1 is 1.50 bits per heavy atom. The first-order valence-electron chi connectivity index (χ1n) is 5.16. The zero-order valence-electron chi connectivity index (χ0n) is 9.56. The van der Waals surface area contributed by atoms with Gasteiger partial charge in [-0.05, 0) is 0 Å². The van der Waals surface area contributed by atoms with Crippen LogP contribution in [0.15, 0.2) is 0 Å². The van der Waals surface area contributed by atoms with Crippen molar-refractivity contribution in [2.45, 2.75) is 45.1 Å². The number of hydrogen-bond donors (Lipinski definition) is 0. The van der Waals surface area contributed by atoms with Crippen LogP contribution in [0.1, 0.15) is 20.8 Å². The van der Waals surface area contributed by atoms with Gasteiger partial charge in [-0.3, -0.25) is 0 Å². The molecule has 0 saturated carbocycles. The average molecular weight is 225 g/mol. The van der Waals surface area contributed by atoms with Gasteiger partial charge in [0.1, 0.15) is 0 Å². The van der Waals surface area contributed by atoms with E-state index >= 15 is 0 Å². The van der Waals surface area contributed by atoms with E-state index in [-0.39, 0.29) is 18.7 Å². The quantitative estimate of drug-likeness (QED) is 0.479. The van der Waals surface area contributed by atoms with E-state index in [9.17, 15) is 4.79 Å². The first kappa shape index (κ1) is 11.8. The zero-order valence-corrected chi connectivity index (χ0v) is 9.56. The third-order valence-corrected chi connectivity index (χ3v) is 2.49. The number of carbonyl (C=O) groups excluding carboxylic acids is 1. The maximum absolute atomic E-state index is 10.7. The maximum atomic E-state index is 10.7. The van der Waals surface area contributed by atoms with E-state index in [4.69, 9.17) is 26.4 Å². The average Bonchev–Trinajstić information content (AvgIpc) is 2.58. The second-order valence-electron chi connectivity index (χ2n) is 4.35. The van der Waals surface area contributed by atoms with E-state index in [1.54, 1.807) is 13.8 Å². The number of rotatable bonds is 2. The second-order valence-corrected chi connectivity index (χ2v) is 4.35. The van der Waals surface area contributed by atoms with Gasteiger partial charge in [0.25, 0.3) is 0 Å². The Balaban J connectivity index is 1.95. The summed E-state index contributed by atoms with van der Waals surface area (Å²) in [4.78, 5) is 10.7. The van der Waals surface area contributed by atoms with Gasteiger partial charge in [0, 0.05) is 0 Å². The van der Waals surface area contributed by atoms with Crippen molar-refractivity contribution in [3.05, 3.63) is 0 Å². The van der Waals surface area contributed by atoms with Crippen LogP contribution in [-0.2, 0) is 23.7 Å². The molecule has 1 radical (unpaired) electrons. The fourth-order valence-electron chi connectivity index (χ4n) is 1.81. The van der Waals surface area contributed by atoms with Gasteiger partial charge in [0.2, 0.25) is 0 Å². The van der Waals surface area contributed by atoms with Crippen molar-refractivity contribution in [3.8, 4) is 0 Å². The molecule has 0 aromatic carbocycles. The Bertz CT molecular complexity index is 327. The number of ether oxygens (including phenoxy) is 4. The van der Waals surface area contributed by atoms with E-state index in [0.717, 1.165) is 0 Å². The van der Waals surface area contributed by atoms with E-state index in [1.165, 1.54) is 6.92 Å². The Morgan fingerprint density at radius 2 is 2.19 bits per heavy atom. The van der Waals surface area contributed by atoms with Crippen molar-refractivity contribution in [3.63, 3.8) is 0 Å². The van der Waals surface area contributed by atoms with Gasteiger partial charge in [0.05, 0.1) is 0 Å². The van der Waals surface area contributed by atoms with Crippen molar-refractivity contribution < 1.29 is 23.7 Å². The first-order valence-corrected chi connectivity index (χ1v) is 5.16. The van der Waals surface area contributed by atoms with Crippen LogP contribution in [0, 0.1) is 0 Å². The molecule has 0 spiro atoms. The van der Waals surface area contributed by atoms with Crippen molar-refractivity contribution >= 4 is 18.9 Å². The standard InChI is InChI=1S/C10H14BO5/c1-5(12)13-4-6-7(11)8-9(14-6)16-10(2,3)15-8/h6,8-9H,4H2,1-3H3/t6-,8-,9-/m1/s1.